The summed E-state index contributed by atoms with van der Waals surface area (Å²) in [5.41, 5.74) is 3.42. The minimum Gasteiger partial charge on any atom is -0.497 e. The molecule has 144 heavy (non-hydrogen) atoms. The predicted octanol–water partition coefficient (Wildman–Crippen LogP) is 7.32. The van der Waals surface area contributed by atoms with Gasteiger partial charge in [-0.15, -0.1) is 0 Å². The number of methoxy groups -OCH3 is 5. The van der Waals surface area contributed by atoms with E-state index in [1.807, 2.05) is 17.0 Å². The van der Waals surface area contributed by atoms with Crippen LogP contribution in [0.4, 0.5) is 66.4 Å². The van der Waals surface area contributed by atoms with Gasteiger partial charge in [-0.05, 0) is 163 Å². The first kappa shape index (κ1) is 101. The molecule has 9 aliphatic rings. The van der Waals surface area contributed by atoms with E-state index >= 15 is 0 Å². The molecule has 20 rings (SSSR count). The molecule has 1 aromatic carbocycles. The molecular weight excluding hydrogens is 1860 g/mol. The number of hydrazone groups is 1. The highest BCUT2D eigenvalue weighted by atomic mass is 19.1. The van der Waals surface area contributed by atoms with Gasteiger partial charge in [-0.2, -0.15) is 33.9 Å². The Bertz CT molecular complexity index is 6790. The van der Waals surface area contributed by atoms with E-state index in [0.29, 0.717) is 147 Å². The van der Waals surface area contributed by atoms with E-state index in [-0.39, 0.29) is 119 Å². The SMILES string of the molecule is CN=C1C=C(Nc2cccn([C@H]3CCN(CCF)C3)c2=O)NC2C(C(=O)NC3CCC3OC)C=NN12.CNc1cc(Nc2cccn(-c3ccc(OC)cc3)c2=O)nc2c(C(=O)N[C@H]3CC[C@@H]3OC)cnn12.CNc1cc(Nc2cccn(C3CCCN(CCF)C3)c2=O)nc2c(C(=O)N[C@@H]3CC[C@H]3OC)cnn12.CNc1cc(Nc2cccn([C@H]3CCCC[C@H]3O)c2=O)nc2c(C(=O)N[C@@H]3CC[C@H]3OC)cnn12. The van der Waals surface area contributed by atoms with Gasteiger partial charge in [0.15, 0.2) is 16.9 Å². The van der Waals surface area contributed by atoms with Crippen molar-refractivity contribution in [2.75, 3.05) is 154 Å². The van der Waals surface area contributed by atoms with Crippen LogP contribution in [0, 0.1) is 5.92 Å². The maximum absolute atomic E-state index is 13.4. The third-order valence-corrected chi connectivity index (χ3v) is 28.2. The predicted molar refractivity (Wildman–Crippen MR) is 540 cm³/mol. The molecule has 5 unspecified atom stereocenters. The molecule has 7 fully saturated rings. The first-order valence-electron chi connectivity index (χ1n) is 48.7. The van der Waals surface area contributed by atoms with Crippen LogP contribution < -0.4 is 90.8 Å². The number of halogens is 2. The van der Waals surface area contributed by atoms with Crippen molar-refractivity contribution in [3.8, 4) is 11.4 Å². The highest BCUT2D eigenvalue weighted by molar-refractivity contribution is 6.03. The van der Waals surface area contributed by atoms with Gasteiger partial charge < -0.3 is 106 Å². The van der Waals surface area contributed by atoms with Gasteiger partial charge in [-0.3, -0.25) is 57.7 Å². The molecule has 0 spiro atoms. The zero-order valence-electron chi connectivity index (χ0n) is 81.8. The Morgan fingerprint density at radius 1 is 0.486 bits per heavy atom. The summed E-state index contributed by atoms with van der Waals surface area (Å²) in [6.07, 6.45) is 27.0. The molecule has 4 aliphatic heterocycles. The van der Waals surface area contributed by atoms with Crippen LogP contribution in [0.15, 0.2) is 176 Å². The Morgan fingerprint density at radius 2 is 0.910 bits per heavy atom. The Kier molecular flexibility index (Phi) is 32.1. The lowest BCUT2D eigenvalue weighted by molar-refractivity contribution is -0.127. The molecule has 14 heterocycles. The second kappa shape index (κ2) is 45.8. The number of likely N-dealkylation sites (tertiary alicyclic amines) is 2. The van der Waals surface area contributed by atoms with Gasteiger partial charge in [-0.1, -0.05) is 12.8 Å². The minimum atomic E-state index is -0.544. The van der Waals surface area contributed by atoms with E-state index < -0.39 is 24.9 Å². The molecule has 11 aromatic rings. The first-order valence-corrected chi connectivity index (χ1v) is 48.7. The van der Waals surface area contributed by atoms with E-state index in [1.165, 1.54) is 23.2 Å². The van der Waals surface area contributed by atoms with Crippen LogP contribution in [0.3, 0.4) is 0 Å². The van der Waals surface area contributed by atoms with Crippen molar-refractivity contribution < 1.29 is 56.7 Å². The number of pyridine rings is 4. The maximum atomic E-state index is 13.4. The molecular formula is C98H124F2N30O14. The Morgan fingerprint density at radius 3 is 1.34 bits per heavy atom. The second-order valence-corrected chi connectivity index (χ2v) is 36.7. The molecule has 13 N–H and O–H groups in total. The average Bonchev–Trinajstić information content (AvgIpc) is 1.64. The molecule has 10 aromatic heterocycles. The Balaban J connectivity index is 0.000000132. The zero-order valence-corrected chi connectivity index (χ0v) is 81.8. The number of aliphatic hydroxyl groups is 1. The fraction of sp³-hybridized carbons (Fsp3) is 0.469. The third kappa shape index (κ3) is 21.8. The Labute approximate surface area is 827 Å². The fourth-order valence-corrected chi connectivity index (χ4v) is 19.5. The molecule has 14 atom stereocenters. The highest BCUT2D eigenvalue weighted by Gasteiger charge is 2.44. The number of benzene rings is 1. The molecule has 46 heteroatoms. The van der Waals surface area contributed by atoms with E-state index in [9.17, 15) is 52.2 Å². The van der Waals surface area contributed by atoms with Crippen LogP contribution in [0.2, 0.25) is 0 Å². The summed E-state index contributed by atoms with van der Waals surface area (Å²) in [5.74, 6) is 3.34. The van der Waals surface area contributed by atoms with Gasteiger partial charge in [0, 0.05) is 156 Å². The van der Waals surface area contributed by atoms with Gasteiger partial charge >= 0.3 is 0 Å². The summed E-state index contributed by atoms with van der Waals surface area (Å²) in [5, 5.41) is 66.6. The van der Waals surface area contributed by atoms with E-state index in [4.69, 9.17) is 23.7 Å². The lowest BCUT2D eigenvalue weighted by atomic mass is 9.88. The van der Waals surface area contributed by atoms with Crippen molar-refractivity contribution >= 4 is 110 Å². The number of hydrogen-bond donors (Lipinski definition) is 13. The number of amidine groups is 1. The Hall–Kier alpha value is -14.6. The van der Waals surface area contributed by atoms with Gasteiger partial charge in [0.1, 0.15) is 117 Å². The molecule has 764 valence electrons. The van der Waals surface area contributed by atoms with Gasteiger partial charge in [0.2, 0.25) is 5.91 Å². The number of nitrogens with zero attached hydrogens (tertiary/aromatic N) is 18. The molecule has 2 saturated heterocycles. The molecule has 5 aliphatic carbocycles. The summed E-state index contributed by atoms with van der Waals surface area (Å²) in [6, 6.07) is 26.0. The number of hydrogen-bond acceptors (Lipinski definition) is 32. The van der Waals surface area contributed by atoms with Crippen molar-refractivity contribution in [3.05, 3.63) is 204 Å². The summed E-state index contributed by atoms with van der Waals surface area (Å²) >= 11 is 0. The number of alkyl halides is 2. The second-order valence-electron chi connectivity index (χ2n) is 36.7. The van der Waals surface area contributed by atoms with E-state index in [0.717, 1.165) is 103 Å². The fourth-order valence-electron chi connectivity index (χ4n) is 19.5. The number of aliphatic imine (C=N–C) groups is 1. The van der Waals surface area contributed by atoms with Crippen LogP contribution in [0.25, 0.3) is 22.6 Å². The normalized spacial score (nSPS) is 23.3. The molecule has 0 bridgehead atoms. The van der Waals surface area contributed by atoms with Crippen LogP contribution in [0.5, 0.6) is 5.75 Å². The lowest BCUT2D eigenvalue weighted by Gasteiger charge is -2.38. The molecule has 0 radical (unpaired) electrons. The number of aliphatic hydroxyl groups excluding tert-OH is 1. The van der Waals surface area contributed by atoms with Gasteiger partial charge in [0.05, 0.1) is 92.5 Å². The minimum absolute atomic E-state index is 0.000178. The van der Waals surface area contributed by atoms with Crippen molar-refractivity contribution in [3.63, 3.8) is 0 Å². The van der Waals surface area contributed by atoms with Crippen LogP contribution >= 0.6 is 0 Å². The van der Waals surface area contributed by atoms with Gasteiger partial charge in [0.25, 0.3) is 40.0 Å². The molecule has 5 saturated carbocycles. The number of aromatic nitrogens is 13. The average molecular weight is 1980 g/mol. The standard InChI is InChI=1S/C25H33FN8O3.C25H27N7O4.C24H33FN8O3.C24H31N7O4/c1-27-22-13-21(31-23-17(14-28-34(22)23)24(35)30-18-7-8-20(18)37-2)29-19-6-4-11-33(25(19)36)16-5-3-10-32(15-16)12-9-26;1-26-22-13-21(28-19-5-4-12-31(25(19)34)15-6-8-16(35-2)9-7-15)30-23-17(14-27-32(22)23)24(33)29-18-10-11-20(18)36-3;1-26-21-12-20(28-18-4-3-9-32(24(18)35)15-7-10-31(14-15)11-8-25)30-22-16(13-27-33(21)22)23(34)29-17-5-6-19(17)36-2;1-25-21-12-20(27-16-6-5-11-30(24(16)34)17-7-3-4-8-18(17)32)29-22-14(13-26-31(21)22)23(33)28-15-9-10-19(15)35-2/h4,6,11,13-14,16,18,20,27H,3,5,7-10,12,15H2,1-2H3,(H,29,31)(H,30,35);4-9,12-14,18,20,26H,10-11H2,1-3H3,(H,28,30)(H,29,33);3-4,9,12-13,15-17,19,22,28,30H,5-8,10-11,14H2,1-2H3,(H,29,34);5-6,11-13,15,17-19,25,32H,3-4,7-10H2,1-2H3,(H,27,29)(H,28,33)/t16?,18-,20-;18-,20-;15-,16?,17?,19?,22?;15-,17+,18-,19-/m1001/s1. The van der Waals surface area contributed by atoms with Crippen LogP contribution in [0.1, 0.15) is 146 Å². The lowest BCUT2D eigenvalue weighted by Crippen LogP contribution is -2.58. The van der Waals surface area contributed by atoms with Crippen molar-refractivity contribution in [1.29, 1.82) is 0 Å². The first-order chi connectivity index (χ1) is 70.0. The largest absolute Gasteiger partial charge is 0.497 e. The number of piperidine rings is 1. The third-order valence-electron chi connectivity index (χ3n) is 28.2. The maximum Gasteiger partial charge on any atom is 0.278 e. The molecule has 44 nitrogen and oxygen atoms in total. The number of anilines is 10. The zero-order chi connectivity index (χ0) is 101. The van der Waals surface area contributed by atoms with Crippen LogP contribution in [-0.2, 0) is 23.7 Å². The number of amides is 4. The number of nitrogens with one attached hydrogen (secondary N) is 12. The van der Waals surface area contributed by atoms with Gasteiger partial charge in [-0.25, -0.2) is 28.7 Å². The monoisotopic (exact) mass is 1980 g/mol. The highest BCUT2D eigenvalue weighted by Crippen LogP contribution is 2.35. The summed E-state index contributed by atoms with van der Waals surface area (Å²) in [4.78, 5) is 127. The van der Waals surface area contributed by atoms with Crippen molar-refractivity contribution in [2.24, 2.45) is 16.0 Å². The number of carbonyl (C=O) groups is 4. The number of carbonyl (C=O) groups excluding carboxylic acids is 4. The molecule has 4 amide bonds. The number of rotatable bonds is 32. The van der Waals surface area contributed by atoms with E-state index in [2.05, 4.69) is 109 Å². The van der Waals surface area contributed by atoms with Crippen molar-refractivity contribution in [1.82, 2.24) is 103 Å². The number of ether oxygens (including phenoxy) is 5. The van der Waals surface area contributed by atoms with Crippen molar-refractivity contribution in [2.45, 2.75) is 175 Å². The van der Waals surface area contributed by atoms with E-state index in [1.54, 1.807) is 212 Å². The summed E-state index contributed by atoms with van der Waals surface area (Å²) in [7, 11) is 15.1. The summed E-state index contributed by atoms with van der Waals surface area (Å²) in [6.45, 7) is 2.89. The smallest absolute Gasteiger partial charge is 0.278 e. The number of fused-ring (bicyclic) bond motifs is 4. The van der Waals surface area contributed by atoms with Crippen LogP contribution in [-0.4, -0.2) is 295 Å². The summed E-state index contributed by atoms with van der Waals surface area (Å²) < 4.78 is 63.6. The topological polar surface area (TPSA) is 492 Å². The quantitative estimate of drug-likeness (QED) is 0.0196.